The highest BCUT2D eigenvalue weighted by molar-refractivity contribution is 5.65. The normalized spacial score (nSPS) is 27.2. The van der Waals surface area contributed by atoms with Crippen LogP contribution in [0.2, 0.25) is 0 Å². The Bertz CT molecular complexity index is 623. The highest BCUT2D eigenvalue weighted by atomic mass is 16.4. The second-order valence-corrected chi connectivity index (χ2v) is 6.52. The third kappa shape index (κ3) is 2.39. The Morgan fingerprint density at radius 2 is 2.05 bits per heavy atom. The predicted molar refractivity (Wildman–Crippen MR) is 78.6 cm³/mol. The minimum atomic E-state index is -1.05. The molecule has 120 valence electrons. The van der Waals surface area contributed by atoms with Gasteiger partial charge in [-0.3, -0.25) is 9.78 Å². The van der Waals surface area contributed by atoms with Crippen LogP contribution in [-0.4, -0.2) is 49.4 Å². The number of amides is 1. The molecule has 3 rings (SSSR count). The van der Waals surface area contributed by atoms with E-state index in [-0.39, 0.29) is 12.1 Å². The molecule has 1 aromatic rings. The van der Waals surface area contributed by atoms with Crippen LogP contribution in [0.4, 0.5) is 4.79 Å². The molecule has 1 unspecified atom stereocenters. The number of hydrogen-bond acceptors (Lipinski definition) is 4. The number of nitrogens with zero attached hydrogens (tertiary/aromatic N) is 3. The smallest absolute Gasteiger partial charge is 0.407 e. The van der Waals surface area contributed by atoms with Crippen molar-refractivity contribution in [2.75, 3.05) is 13.1 Å². The zero-order valence-electron chi connectivity index (χ0n) is 12.4. The van der Waals surface area contributed by atoms with Gasteiger partial charge in [-0.15, -0.1) is 0 Å². The highest BCUT2D eigenvalue weighted by Gasteiger charge is 2.55. The molecular weight excluding hydrogens is 286 g/mol. The fourth-order valence-corrected chi connectivity index (χ4v) is 4.05. The average molecular weight is 307 g/mol. The second kappa shape index (κ2) is 5.39. The molecule has 2 N–H and O–H groups in total. The van der Waals surface area contributed by atoms with Crippen LogP contribution in [0.3, 0.4) is 0 Å². The van der Waals surface area contributed by atoms with E-state index in [2.05, 4.69) is 4.98 Å². The molecule has 1 amide bonds. The monoisotopic (exact) mass is 307 g/mol. The van der Waals surface area contributed by atoms with E-state index >= 15 is 0 Å². The summed E-state index contributed by atoms with van der Waals surface area (Å²) in [7, 11) is 0. The molecular formula is C15H21N3O4. The number of rotatable bonds is 2. The lowest BCUT2D eigenvalue weighted by molar-refractivity contribution is -0.137. The molecule has 2 aliphatic rings. The molecule has 2 fully saturated rings. The van der Waals surface area contributed by atoms with Crippen molar-refractivity contribution in [3.05, 3.63) is 28.9 Å². The van der Waals surface area contributed by atoms with Crippen LogP contribution in [0.25, 0.3) is 0 Å². The van der Waals surface area contributed by atoms with E-state index in [1.165, 1.54) is 21.9 Å². The molecule has 0 bridgehead atoms. The van der Waals surface area contributed by atoms with Crippen LogP contribution in [0.1, 0.15) is 32.1 Å². The van der Waals surface area contributed by atoms with Gasteiger partial charge in [0.05, 0.1) is 18.3 Å². The SMILES string of the molecule is O=C(O)N1CCC(O)(Cn2ccncc2=O)C2(CCCC2)C1. The number of aromatic nitrogens is 2. The summed E-state index contributed by atoms with van der Waals surface area (Å²) in [4.78, 5) is 28.4. The number of piperidine rings is 1. The quantitative estimate of drug-likeness (QED) is 0.847. The summed E-state index contributed by atoms with van der Waals surface area (Å²) < 4.78 is 1.48. The molecule has 1 aliphatic carbocycles. The molecule has 0 aromatic carbocycles. The van der Waals surface area contributed by atoms with Gasteiger partial charge in [-0.2, -0.15) is 0 Å². The Labute approximate surface area is 128 Å². The summed E-state index contributed by atoms with van der Waals surface area (Å²) in [6.45, 7) is 0.841. The van der Waals surface area contributed by atoms with Gasteiger partial charge in [0.25, 0.3) is 5.56 Å². The Balaban J connectivity index is 1.92. The van der Waals surface area contributed by atoms with Gasteiger partial charge in [0.15, 0.2) is 0 Å². The number of carbonyl (C=O) groups is 1. The van der Waals surface area contributed by atoms with Crippen molar-refractivity contribution in [3.63, 3.8) is 0 Å². The maximum Gasteiger partial charge on any atom is 0.407 e. The van der Waals surface area contributed by atoms with Crippen LogP contribution in [0, 0.1) is 5.41 Å². The zero-order valence-corrected chi connectivity index (χ0v) is 12.4. The van der Waals surface area contributed by atoms with Gasteiger partial charge in [0.2, 0.25) is 0 Å². The largest absolute Gasteiger partial charge is 0.465 e. The first kappa shape index (κ1) is 15.0. The first-order chi connectivity index (χ1) is 10.5. The van der Waals surface area contributed by atoms with Crippen molar-refractivity contribution in [1.29, 1.82) is 0 Å². The molecule has 1 spiro atoms. The van der Waals surface area contributed by atoms with Gasteiger partial charge in [0.1, 0.15) is 0 Å². The van der Waals surface area contributed by atoms with Gasteiger partial charge < -0.3 is 19.7 Å². The summed E-state index contributed by atoms with van der Waals surface area (Å²) in [6, 6.07) is 0. The van der Waals surface area contributed by atoms with Gasteiger partial charge in [0, 0.05) is 30.9 Å². The predicted octanol–water partition coefficient (Wildman–Crippen LogP) is 0.918. The van der Waals surface area contributed by atoms with Gasteiger partial charge >= 0.3 is 6.09 Å². The number of likely N-dealkylation sites (tertiary alicyclic amines) is 1. The molecule has 7 nitrogen and oxygen atoms in total. The summed E-state index contributed by atoms with van der Waals surface area (Å²) in [5.41, 5.74) is -1.75. The van der Waals surface area contributed by atoms with Crippen LogP contribution in [-0.2, 0) is 6.54 Å². The van der Waals surface area contributed by atoms with E-state index in [1.54, 1.807) is 6.20 Å². The van der Waals surface area contributed by atoms with Gasteiger partial charge in [-0.25, -0.2) is 4.79 Å². The lowest BCUT2D eigenvalue weighted by Gasteiger charge is -2.51. The molecule has 1 saturated carbocycles. The number of carboxylic acid groups (broad SMARTS) is 1. The maximum absolute atomic E-state index is 11.9. The first-order valence-electron chi connectivity index (χ1n) is 7.67. The topological polar surface area (TPSA) is 95.7 Å². The summed E-state index contributed by atoms with van der Waals surface area (Å²) in [6.07, 6.45) is 7.33. The molecule has 1 atom stereocenters. The highest BCUT2D eigenvalue weighted by Crippen LogP contribution is 2.51. The second-order valence-electron chi connectivity index (χ2n) is 6.52. The van der Waals surface area contributed by atoms with Crippen molar-refractivity contribution in [2.24, 2.45) is 5.41 Å². The van der Waals surface area contributed by atoms with Crippen molar-refractivity contribution in [2.45, 2.75) is 44.2 Å². The molecule has 22 heavy (non-hydrogen) atoms. The van der Waals surface area contributed by atoms with Crippen LogP contribution < -0.4 is 5.56 Å². The Hall–Kier alpha value is -1.89. The summed E-state index contributed by atoms with van der Waals surface area (Å²) in [5, 5.41) is 20.6. The van der Waals surface area contributed by atoms with E-state index < -0.39 is 17.1 Å². The van der Waals surface area contributed by atoms with Crippen molar-refractivity contribution < 1.29 is 15.0 Å². The number of aliphatic hydroxyl groups is 1. The fourth-order valence-electron chi connectivity index (χ4n) is 4.05. The zero-order chi connectivity index (χ0) is 15.8. The van der Waals surface area contributed by atoms with E-state index in [0.29, 0.717) is 19.5 Å². The minimum Gasteiger partial charge on any atom is -0.465 e. The van der Waals surface area contributed by atoms with Crippen molar-refractivity contribution in [1.82, 2.24) is 14.5 Å². The molecule has 7 heteroatoms. The van der Waals surface area contributed by atoms with Crippen LogP contribution in [0.15, 0.2) is 23.4 Å². The van der Waals surface area contributed by atoms with E-state index in [1.807, 2.05) is 0 Å². The van der Waals surface area contributed by atoms with Crippen molar-refractivity contribution in [3.8, 4) is 0 Å². The van der Waals surface area contributed by atoms with E-state index in [0.717, 1.165) is 25.7 Å². The van der Waals surface area contributed by atoms with Gasteiger partial charge in [-0.1, -0.05) is 12.8 Å². The van der Waals surface area contributed by atoms with E-state index in [9.17, 15) is 19.8 Å². The van der Waals surface area contributed by atoms with Crippen molar-refractivity contribution >= 4 is 6.09 Å². The third-order valence-electron chi connectivity index (χ3n) is 5.34. The fraction of sp³-hybridized carbons (Fsp3) is 0.667. The minimum absolute atomic E-state index is 0.196. The first-order valence-corrected chi connectivity index (χ1v) is 7.67. The molecule has 1 aliphatic heterocycles. The van der Waals surface area contributed by atoms with Crippen LogP contribution in [0.5, 0.6) is 0 Å². The molecule has 2 heterocycles. The summed E-state index contributed by atoms with van der Waals surface area (Å²) in [5.74, 6) is 0. The lowest BCUT2D eigenvalue weighted by atomic mass is 9.66. The Kier molecular flexibility index (Phi) is 3.68. The average Bonchev–Trinajstić information content (AvgIpc) is 2.95. The van der Waals surface area contributed by atoms with Crippen LogP contribution >= 0.6 is 0 Å². The Morgan fingerprint density at radius 3 is 2.68 bits per heavy atom. The lowest BCUT2D eigenvalue weighted by Crippen LogP contribution is -2.62. The van der Waals surface area contributed by atoms with Gasteiger partial charge in [-0.05, 0) is 19.3 Å². The third-order valence-corrected chi connectivity index (χ3v) is 5.34. The molecule has 0 radical (unpaired) electrons. The maximum atomic E-state index is 11.9. The standard InChI is InChI=1S/C15H21N3O4/c19-12-9-16-6-8-17(12)11-15(22)5-7-18(13(20)21)10-14(15)3-1-2-4-14/h6,8-9,22H,1-5,7,10-11H2,(H,20,21). The number of hydrogen-bond donors (Lipinski definition) is 2. The molecule has 1 aromatic heterocycles. The van der Waals surface area contributed by atoms with E-state index in [4.69, 9.17) is 0 Å². The Morgan fingerprint density at radius 1 is 1.32 bits per heavy atom. The molecule has 1 saturated heterocycles. The summed E-state index contributed by atoms with van der Waals surface area (Å²) >= 11 is 0.